The summed E-state index contributed by atoms with van der Waals surface area (Å²) in [4.78, 5) is 8.55. The van der Waals surface area contributed by atoms with Crippen LogP contribution >= 0.6 is 23.4 Å². The van der Waals surface area contributed by atoms with E-state index in [1.54, 1.807) is 24.4 Å². The molecule has 0 amide bonds. The molecule has 0 radical (unpaired) electrons. The summed E-state index contributed by atoms with van der Waals surface area (Å²) in [5, 5.41) is 5.45. The van der Waals surface area contributed by atoms with Crippen LogP contribution in [0.25, 0.3) is 11.4 Å². The average molecular weight is 319 g/mol. The summed E-state index contributed by atoms with van der Waals surface area (Å²) in [7, 11) is 0. The molecule has 0 saturated carbocycles. The Bertz CT molecular complexity index is 745. The molecule has 0 spiro atoms. The minimum absolute atomic E-state index is 0.526. The summed E-state index contributed by atoms with van der Waals surface area (Å²) in [5.74, 6) is 1.61. The maximum absolute atomic E-state index is 5.95. The second-order valence-corrected chi connectivity index (χ2v) is 5.67. The van der Waals surface area contributed by atoms with E-state index in [4.69, 9.17) is 21.9 Å². The molecular formula is C14H11ClN4OS. The quantitative estimate of drug-likeness (QED) is 0.740. The Labute approximate surface area is 130 Å². The zero-order valence-electron chi connectivity index (χ0n) is 10.9. The first-order valence-electron chi connectivity index (χ1n) is 6.13. The molecule has 1 aromatic carbocycles. The van der Waals surface area contributed by atoms with Crippen molar-refractivity contribution in [2.45, 2.75) is 10.8 Å². The highest BCUT2D eigenvalue weighted by molar-refractivity contribution is 7.98. The first kappa shape index (κ1) is 13.9. The van der Waals surface area contributed by atoms with E-state index < -0.39 is 0 Å². The van der Waals surface area contributed by atoms with Crippen LogP contribution in [0.1, 0.15) is 5.89 Å². The molecule has 0 aliphatic carbocycles. The van der Waals surface area contributed by atoms with E-state index in [-0.39, 0.29) is 0 Å². The van der Waals surface area contributed by atoms with Crippen LogP contribution in [0.5, 0.6) is 0 Å². The van der Waals surface area contributed by atoms with Crippen LogP contribution in [0.4, 0.5) is 5.69 Å². The van der Waals surface area contributed by atoms with Crippen molar-refractivity contribution in [2.24, 2.45) is 0 Å². The minimum Gasteiger partial charge on any atom is -0.397 e. The number of halogens is 1. The lowest BCUT2D eigenvalue weighted by Crippen LogP contribution is -1.87. The molecule has 0 aliphatic heterocycles. The van der Waals surface area contributed by atoms with E-state index >= 15 is 0 Å². The maximum Gasteiger partial charge on any atom is 0.237 e. The Hall–Kier alpha value is -2.05. The van der Waals surface area contributed by atoms with Crippen LogP contribution in [0.3, 0.4) is 0 Å². The minimum atomic E-state index is 0.526. The number of rotatable bonds is 4. The van der Waals surface area contributed by atoms with Crippen LogP contribution in [0.2, 0.25) is 5.02 Å². The fourth-order valence-electron chi connectivity index (χ4n) is 1.67. The smallest absolute Gasteiger partial charge is 0.237 e. The SMILES string of the molecule is Nc1ccc(SCc2nc(-c3cccc(Cl)c3)no2)nc1. The Morgan fingerprint density at radius 3 is 2.90 bits per heavy atom. The first-order valence-corrected chi connectivity index (χ1v) is 7.50. The van der Waals surface area contributed by atoms with Crippen molar-refractivity contribution in [2.75, 3.05) is 5.73 Å². The van der Waals surface area contributed by atoms with Gasteiger partial charge in [0, 0.05) is 10.6 Å². The number of aromatic nitrogens is 3. The maximum atomic E-state index is 5.95. The number of nitrogens with zero attached hydrogens (tertiary/aromatic N) is 3. The molecule has 106 valence electrons. The van der Waals surface area contributed by atoms with Gasteiger partial charge in [-0.15, -0.1) is 0 Å². The molecule has 3 aromatic rings. The summed E-state index contributed by atoms with van der Waals surface area (Å²) >= 11 is 7.45. The Balaban J connectivity index is 1.69. The highest BCUT2D eigenvalue weighted by atomic mass is 35.5. The Morgan fingerprint density at radius 2 is 2.14 bits per heavy atom. The van der Waals surface area contributed by atoms with Crippen LogP contribution in [0.15, 0.2) is 52.1 Å². The number of benzene rings is 1. The van der Waals surface area contributed by atoms with E-state index in [1.807, 2.05) is 18.2 Å². The Morgan fingerprint density at radius 1 is 1.24 bits per heavy atom. The van der Waals surface area contributed by atoms with Crippen molar-refractivity contribution in [3.63, 3.8) is 0 Å². The lowest BCUT2D eigenvalue weighted by molar-refractivity contribution is 0.391. The number of anilines is 1. The topological polar surface area (TPSA) is 77.8 Å². The van der Waals surface area contributed by atoms with Crippen molar-refractivity contribution in [3.05, 3.63) is 53.5 Å². The van der Waals surface area contributed by atoms with Gasteiger partial charge in [0.15, 0.2) is 0 Å². The van der Waals surface area contributed by atoms with E-state index in [9.17, 15) is 0 Å². The van der Waals surface area contributed by atoms with Crippen LogP contribution in [0, 0.1) is 0 Å². The standard InChI is InChI=1S/C14H11ClN4OS/c15-10-3-1-2-9(6-10)14-18-12(20-19-14)8-21-13-5-4-11(16)7-17-13/h1-7H,8,16H2. The zero-order valence-corrected chi connectivity index (χ0v) is 12.4. The van der Waals surface area contributed by atoms with Crippen molar-refractivity contribution in [1.29, 1.82) is 0 Å². The number of nitrogens with two attached hydrogens (primary N) is 1. The highest BCUT2D eigenvalue weighted by Crippen LogP contribution is 2.23. The Kier molecular flexibility index (Phi) is 4.08. The summed E-state index contributed by atoms with van der Waals surface area (Å²) < 4.78 is 5.23. The third-order valence-corrected chi connectivity index (χ3v) is 3.82. The van der Waals surface area contributed by atoms with Crippen molar-refractivity contribution in [3.8, 4) is 11.4 Å². The zero-order chi connectivity index (χ0) is 14.7. The lowest BCUT2D eigenvalue weighted by atomic mass is 10.2. The molecule has 0 unspecified atom stereocenters. The van der Waals surface area contributed by atoms with E-state index in [1.165, 1.54) is 11.8 Å². The van der Waals surface area contributed by atoms with E-state index in [0.29, 0.717) is 28.2 Å². The molecule has 0 fully saturated rings. The molecule has 2 N–H and O–H groups in total. The van der Waals surface area contributed by atoms with Gasteiger partial charge in [-0.05, 0) is 24.3 Å². The predicted octanol–water partition coefficient (Wildman–Crippen LogP) is 3.66. The molecule has 2 heterocycles. The normalized spacial score (nSPS) is 10.7. The van der Waals surface area contributed by atoms with Gasteiger partial charge < -0.3 is 10.3 Å². The van der Waals surface area contributed by atoms with E-state index in [2.05, 4.69) is 15.1 Å². The van der Waals surface area contributed by atoms with Gasteiger partial charge in [0.1, 0.15) is 0 Å². The third-order valence-electron chi connectivity index (χ3n) is 2.65. The van der Waals surface area contributed by atoms with Gasteiger partial charge in [0.2, 0.25) is 11.7 Å². The summed E-state index contributed by atoms with van der Waals surface area (Å²) in [6, 6.07) is 11.0. The second kappa shape index (κ2) is 6.15. The number of hydrogen-bond acceptors (Lipinski definition) is 6. The fourth-order valence-corrected chi connectivity index (χ4v) is 2.54. The highest BCUT2D eigenvalue weighted by Gasteiger charge is 2.09. The number of nitrogen functional groups attached to an aromatic ring is 1. The van der Waals surface area contributed by atoms with Crippen LogP contribution in [-0.4, -0.2) is 15.1 Å². The van der Waals surface area contributed by atoms with Gasteiger partial charge in [-0.2, -0.15) is 4.98 Å². The molecule has 7 heteroatoms. The van der Waals surface area contributed by atoms with Crippen LogP contribution < -0.4 is 5.73 Å². The van der Waals surface area contributed by atoms with Gasteiger partial charge in [-0.25, -0.2) is 4.98 Å². The molecule has 3 rings (SSSR count). The van der Waals surface area contributed by atoms with Crippen molar-refractivity contribution >= 4 is 29.1 Å². The van der Waals surface area contributed by atoms with Gasteiger partial charge in [0.05, 0.1) is 22.7 Å². The molecular weight excluding hydrogens is 308 g/mol. The summed E-state index contributed by atoms with van der Waals surface area (Å²) in [5.41, 5.74) is 7.06. The largest absolute Gasteiger partial charge is 0.397 e. The lowest BCUT2D eigenvalue weighted by Gasteiger charge is -1.97. The monoisotopic (exact) mass is 318 g/mol. The molecule has 0 atom stereocenters. The van der Waals surface area contributed by atoms with Crippen molar-refractivity contribution in [1.82, 2.24) is 15.1 Å². The fraction of sp³-hybridized carbons (Fsp3) is 0.0714. The average Bonchev–Trinajstić information content (AvgIpc) is 2.96. The molecule has 5 nitrogen and oxygen atoms in total. The van der Waals surface area contributed by atoms with E-state index in [0.717, 1.165) is 10.6 Å². The predicted molar refractivity (Wildman–Crippen MR) is 83.0 cm³/mol. The molecule has 0 saturated heterocycles. The van der Waals surface area contributed by atoms with Gasteiger partial charge in [0.25, 0.3) is 0 Å². The third kappa shape index (κ3) is 3.53. The first-order chi connectivity index (χ1) is 10.2. The summed E-state index contributed by atoms with van der Waals surface area (Å²) in [6.45, 7) is 0. The van der Waals surface area contributed by atoms with Gasteiger partial charge >= 0.3 is 0 Å². The van der Waals surface area contributed by atoms with Gasteiger partial charge in [-0.1, -0.05) is 40.7 Å². The molecule has 2 aromatic heterocycles. The summed E-state index contributed by atoms with van der Waals surface area (Å²) in [6.07, 6.45) is 1.62. The van der Waals surface area contributed by atoms with Gasteiger partial charge in [-0.3, -0.25) is 0 Å². The second-order valence-electron chi connectivity index (χ2n) is 4.24. The number of pyridine rings is 1. The molecule has 0 bridgehead atoms. The van der Waals surface area contributed by atoms with Crippen molar-refractivity contribution < 1.29 is 4.52 Å². The van der Waals surface area contributed by atoms with Crippen LogP contribution in [-0.2, 0) is 5.75 Å². The number of thioether (sulfide) groups is 1. The number of hydrogen-bond donors (Lipinski definition) is 1. The molecule has 0 aliphatic rings. The molecule has 21 heavy (non-hydrogen) atoms.